The zero-order valence-corrected chi connectivity index (χ0v) is 7.91. The third kappa shape index (κ3) is 1.22. The van der Waals surface area contributed by atoms with E-state index in [2.05, 4.69) is 0 Å². The molecule has 2 N–H and O–H groups in total. The highest BCUT2D eigenvalue weighted by Gasteiger charge is 2.15. The minimum Gasteiger partial charge on any atom is -0.453 e. The van der Waals surface area contributed by atoms with E-state index in [0.717, 1.165) is 16.5 Å². The van der Waals surface area contributed by atoms with Crippen LogP contribution in [0.15, 0.2) is 28.7 Å². The molecule has 0 unspecified atom stereocenters. The Labute approximate surface area is 81.5 Å². The molecule has 14 heavy (non-hydrogen) atoms. The molecule has 0 radical (unpaired) electrons. The number of ketones is 1. The maximum absolute atomic E-state index is 11.4. The Bertz CT molecular complexity index is 485. The zero-order chi connectivity index (χ0) is 10.1. The molecule has 1 aromatic heterocycles. The molecule has 0 saturated carbocycles. The number of aryl methyl sites for hydroxylation is 1. The van der Waals surface area contributed by atoms with Crippen molar-refractivity contribution in [3.8, 4) is 0 Å². The highest BCUT2D eigenvalue weighted by Crippen LogP contribution is 2.24. The highest BCUT2D eigenvalue weighted by molar-refractivity contribution is 6.01. The van der Waals surface area contributed by atoms with Crippen LogP contribution in [0.3, 0.4) is 0 Å². The lowest BCUT2D eigenvalue weighted by Crippen LogP contribution is -2.13. The van der Waals surface area contributed by atoms with Crippen molar-refractivity contribution in [2.45, 2.75) is 6.92 Å². The summed E-state index contributed by atoms with van der Waals surface area (Å²) < 4.78 is 5.42. The molecular formula is C11H11NO2. The maximum Gasteiger partial charge on any atom is 0.211 e. The summed E-state index contributed by atoms with van der Waals surface area (Å²) in [7, 11) is 0. The van der Waals surface area contributed by atoms with Crippen LogP contribution >= 0.6 is 0 Å². The van der Waals surface area contributed by atoms with Gasteiger partial charge in [0.1, 0.15) is 5.58 Å². The summed E-state index contributed by atoms with van der Waals surface area (Å²) in [5.74, 6) is 0.229. The van der Waals surface area contributed by atoms with Crippen LogP contribution in [0.4, 0.5) is 0 Å². The number of hydrogen-bond acceptors (Lipinski definition) is 3. The van der Waals surface area contributed by atoms with Crippen LogP contribution in [0, 0.1) is 6.92 Å². The van der Waals surface area contributed by atoms with E-state index in [1.807, 2.05) is 31.2 Å². The first-order valence-corrected chi connectivity index (χ1v) is 4.45. The average Bonchev–Trinajstić information content (AvgIpc) is 2.56. The van der Waals surface area contributed by atoms with Gasteiger partial charge < -0.3 is 10.2 Å². The second-order valence-corrected chi connectivity index (χ2v) is 3.18. The van der Waals surface area contributed by atoms with Gasteiger partial charge in [0.15, 0.2) is 5.76 Å². The Hall–Kier alpha value is -1.61. The van der Waals surface area contributed by atoms with E-state index >= 15 is 0 Å². The van der Waals surface area contributed by atoms with Crippen molar-refractivity contribution in [3.63, 3.8) is 0 Å². The fourth-order valence-corrected chi connectivity index (χ4v) is 1.53. The van der Waals surface area contributed by atoms with Gasteiger partial charge in [0.05, 0.1) is 6.54 Å². The van der Waals surface area contributed by atoms with Crippen molar-refractivity contribution in [1.82, 2.24) is 0 Å². The van der Waals surface area contributed by atoms with Crippen molar-refractivity contribution in [3.05, 3.63) is 35.6 Å². The minimum atomic E-state index is -0.154. The molecule has 2 aromatic rings. The second-order valence-electron chi connectivity index (χ2n) is 3.18. The molecule has 0 spiro atoms. The number of fused-ring (bicyclic) bond motifs is 1. The molecule has 0 bridgehead atoms. The fraction of sp³-hybridized carbons (Fsp3) is 0.182. The topological polar surface area (TPSA) is 56.2 Å². The van der Waals surface area contributed by atoms with Crippen molar-refractivity contribution in [2.75, 3.05) is 6.54 Å². The predicted octanol–water partition coefficient (Wildman–Crippen LogP) is 1.88. The molecule has 2 rings (SSSR count). The first kappa shape index (κ1) is 8.97. The molecule has 3 nitrogen and oxygen atoms in total. The van der Waals surface area contributed by atoms with Gasteiger partial charge in [-0.1, -0.05) is 18.2 Å². The summed E-state index contributed by atoms with van der Waals surface area (Å²) in [6.45, 7) is 1.86. The quantitative estimate of drug-likeness (QED) is 0.734. The third-order valence-corrected chi connectivity index (χ3v) is 2.28. The molecule has 0 saturated heterocycles. The maximum atomic E-state index is 11.4. The van der Waals surface area contributed by atoms with Crippen molar-refractivity contribution >= 4 is 16.8 Å². The van der Waals surface area contributed by atoms with Gasteiger partial charge in [0.2, 0.25) is 5.78 Å². The molecule has 1 heterocycles. The average molecular weight is 189 g/mol. The van der Waals surface area contributed by atoms with Gasteiger partial charge in [-0.15, -0.1) is 0 Å². The largest absolute Gasteiger partial charge is 0.453 e. The number of hydrogen-bond donors (Lipinski definition) is 1. The van der Waals surface area contributed by atoms with Crippen LogP contribution < -0.4 is 5.73 Å². The van der Waals surface area contributed by atoms with Crippen LogP contribution in [0.1, 0.15) is 16.1 Å². The number of Topliss-reactive ketones (excluding diaryl/α,β-unsaturated/α-hetero) is 1. The number of carbonyl (C=O) groups is 1. The SMILES string of the molecule is Cc1c(C(=O)CN)oc2ccccc12. The van der Waals surface area contributed by atoms with Crippen LogP contribution in [0.25, 0.3) is 11.0 Å². The first-order chi connectivity index (χ1) is 6.74. The molecular weight excluding hydrogens is 178 g/mol. The number of para-hydroxylation sites is 1. The molecule has 3 heteroatoms. The number of nitrogens with two attached hydrogens (primary N) is 1. The van der Waals surface area contributed by atoms with Crippen molar-refractivity contribution < 1.29 is 9.21 Å². The van der Waals surface area contributed by atoms with Gasteiger partial charge >= 0.3 is 0 Å². The normalized spacial score (nSPS) is 10.7. The first-order valence-electron chi connectivity index (χ1n) is 4.45. The fourth-order valence-electron chi connectivity index (χ4n) is 1.53. The van der Waals surface area contributed by atoms with Gasteiger partial charge in [0, 0.05) is 10.9 Å². The Morgan fingerprint density at radius 3 is 2.79 bits per heavy atom. The van der Waals surface area contributed by atoms with Gasteiger partial charge in [-0.25, -0.2) is 0 Å². The van der Waals surface area contributed by atoms with E-state index < -0.39 is 0 Å². The van der Waals surface area contributed by atoms with Crippen LogP contribution in [0.5, 0.6) is 0 Å². The van der Waals surface area contributed by atoms with Crippen molar-refractivity contribution in [2.24, 2.45) is 5.73 Å². The molecule has 1 aromatic carbocycles. The Balaban J connectivity index is 2.68. The van der Waals surface area contributed by atoms with Crippen LogP contribution in [-0.2, 0) is 0 Å². The lowest BCUT2D eigenvalue weighted by molar-refractivity contribution is 0.0976. The number of carbonyl (C=O) groups excluding carboxylic acids is 1. The van der Waals surface area contributed by atoms with Gasteiger partial charge in [0.25, 0.3) is 0 Å². The number of rotatable bonds is 2. The molecule has 0 aliphatic carbocycles. The standard InChI is InChI=1S/C11H11NO2/c1-7-8-4-2-3-5-10(8)14-11(7)9(13)6-12/h2-5H,6,12H2,1H3. The van der Waals surface area contributed by atoms with Gasteiger partial charge in [-0.3, -0.25) is 4.79 Å². The summed E-state index contributed by atoms with van der Waals surface area (Å²) >= 11 is 0. The van der Waals surface area contributed by atoms with Gasteiger partial charge in [-0.2, -0.15) is 0 Å². The molecule has 0 fully saturated rings. The van der Waals surface area contributed by atoms with E-state index in [1.165, 1.54) is 0 Å². The van der Waals surface area contributed by atoms with Gasteiger partial charge in [-0.05, 0) is 13.0 Å². The molecule has 0 amide bonds. The summed E-state index contributed by atoms with van der Waals surface area (Å²) in [4.78, 5) is 11.4. The summed E-state index contributed by atoms with van der Waals surface area (Å²) in [5.41, 5.74) is 6.89. The van der Waals surface area contributed by atoms with E-state index in [-0.39, 0.29) is 12.3 Å². The lowest BCUT2D eigenvalue weighted by atomic mass is 10.1. The summed E-state index contributed by atoms with van der Waals surface area (Å²) in [5, 5.41) is 0.976. The van der Waals surface area contributed by atoms with E-state index in [9.17, 15) is 4.79 Å². The van der Waals surface area contributed by atoms with Crippen molar-refractivity contribution in [1.29, 1.82) is 0 Å². The van der Waals surface area contributed by atoms with Crippen LogP contribution in [-0.4, -0.2) is 12.3 Å². The molecule has 0 aliphatic rings. The minimum absolute atomic E-state index is 0.0132. The van der Waals surface area contributed by atoms with E-state index in [4.69, 9.17) is 10.2 Å². The predicted molar refractivity (Wildman–Crippen MR) is 54.3 cm³/mol. The molecule has 0 aliphatic heterocycles. The molecule has 72 valence electrons. The monoisotopic (exact) mass is 189 g/mol. The van der Waals surface area contributed by atoms with E-state index in [0.29, 0.717) is 5.76 Å². The molecule has 0 atom stereocenters. The Morgan fingerprint density at radius 2 is 2.14 bits per heavy atom. The Kier molecular flexibility index (Phi) is 2.09. The highest BCUT2D eigenvalue weighted by atomic mass is 16.3. The number of benzene rings is 1. The lowest BCUT2D eigenvalue weighted by Gasteiger charge is -1.92. The second kappa shape index (κ2) is 3.27. The third-order valence-electron chi connectivity index (χ3n) is 2.28. The smallest absolute Gasteiger partial charge is 0.211 e. The zero-order valence-electron chi connectivity index (χ0n) is 7.91. The Morgan fingerprint density at radius 1 is 1.43 bits per heavy atom. The summed E-state index contributed by atoms with van der Waals surface area (Å²) in [6.07, 6.45) is 0. The van der Waals surface area contributed by atoms with E-state index in [1.54, 1.807) is 0 Å². The number of furan rings is 1. The summed E-state index contributed by atoms with van der Waals surface area (Å²) in [6, 6.07) is 7.57. The van der Waals surface area contributed by atoms with Crippen LogP contribution in [0.2, 0.25) is 0 Å².